The Morgan fingerprint density at radius 2 is 1.48 bits per heavy atom. The quantitative estimate of drug-likeness (QED) is 0.528. The second-order valence-corrected chi connectivity index (χ2v) is 4.56. The van der Waals surface area contributed by atoms with Crippen LogP contribution < -0.4 is 0 Å². The zero-order chi connectivity index (χ0) is 14.7. The summed E-state index contributed by atoms with van der Waals surface area (Å²) in [5.41, 5.74) is 3.92. The van der Waals surface area contributed by atoms with Gasteiger partial charge < -0.3 is 0 Å². The molecular formula is C17H12N2O2. The number of nitro groups is 1. The molecular weight excluding hydrogens is 264 g/mol. The maximum atomic E-state index is 10.7. The Kier molecular flexibility index (Phi) is 3.43. The molecule has 0 fully saturated rings. The van der Waals surface area contributed by atoms with Gasteiger partial charge in [-0.2, -0.15) is 0 Å². The van der Waals surface area contributed by atoms with E-state index < -0.39 is 4.92 Å². The molecule has 0 saturated carbocycles. The van der Waals surface area contributed by atoms with E-state index in [-0.39, 0.29) is 5.69 Å². The van der Waals surface area contributed by atoms with Crippen molar-refractivity contribution in [2.24, 2.45) is 0 Å². The SMILES string of the molecule is O=[N+]([O-])c1ccc(-c2ccccc2-c2ccccn2)cc1. The molecule has 0 saturated heterocycles. The van der Waals surface area contributed by atoms with Gasteiger partial charge in [0.25, 0.3) is 5.69 Å². The van der Waals surface area contributed by atoms with E-state index >= 15 is 0 Å². The first-order valence-electron chi connectivity index (χ1n) is 6.51. The summed E-state index contributed by atoms with van der Waals surface area (Å²) in [6.45, 7) is 0. The second-order valence-electron chi connectivity index (χ2n) is 4.56. The van der Waals surface area contributed by atoms with E-state index in [4.69, 9.17) is 0 Å². The van der Waals surface area contributed by atoms with Gasteiger partial charge in [-0.05, 0) is 35.4 Å². The van der Waals surface area contributed by atoms with Crippen molar-refractivity contribution >= 4 is 5.69 Å². The van der Waals surface area contributed by atoms with Crippen molar-refractivity contribution in [2.75, 3.05) is 0 Å². The van der Waals surface area contributed by atoms with Gasteiger partial charge in [-0.1, -0.05) is 30.3 Å². The molecule has 0 unspecified atom stereocenters. The number of benzene rings is 2. The van der Waals surface area contributed by atoms with Gasteiger partial charge in [-0.25, -0.2) is 0 Å². The molecule has 0 amide bonds. The van der Waals surface area contributed by atoms with Crippen molar-refractivity contribution in [1.82, 2.24) is 4.98 Å². The van der Waals surface area contributed by atoms with E-state index in [2.05, 4.69) is 4.98 Å². The van der Waals surface area contributed by atoms with Crippen molar-refractivity contribution in [3.8, 4) is 22.4 Å². The van der Waals surface area contributed by atoms with E-state index in [0.29, 0.717) is 0 Å². The summed E-state index contributed by atoms with van der Waals surface area (Å²) in [6, 6.07) is 20.2. The smallest absolute Gasteiger partial charge is 0.258 e. The third-order valence-corrected chi connectivity index (χ3v) is 3.26. The van der Waals surface area contributed by atoms with Crippen LogP contribution in [0, 0.1) is 10.1 Å². The lowest BCUT2D eigenvalue weighted by Gasteiger charge is -2.09. The van der Waals surface area contributed by atoms with Gasteiger partial charge in [0.15, 0.2) is 0 Å². The van der Waals surface area contributed by atoms with E-state index in [9.17, 15) is 10.1 Å². The van der Waals surface area contributed by atoms with Crippen LogP contribution in [0.4, 0.5) is 5.69 Å². The fourth-order valence-electron chi connectivity index (χ4n) is 2.24. The largest absolute Gasteiger partial charge is 0.269 e. The second kappa shape index (κ2) is 5.54. The lowest BCUT2D eigenvalue weighted by molar-refractivity contribution is -0.384. The van der Waals surface area contributed by atoms with E-state index in [1.807, 2.05) is 42.5 Å². The highest BCUT2D eigenvalue weighted by Crippen LogP contribution is 2.31. The van der Waals surface area contributed by atoms with Crippen LogP contribution in [0.3, 0.4) is 0 Å². The Labute approximate surface area is 121 Å². The third-order valence-electron chi connectivity index (χ3n) is 3.26. The minimum Gasteiger partial charge on any atom is -0.258 e. The summed E-state index contributed by atoms with van der Waals surface area (Å²) < 4.78 is 0. The molecule has 3 aromatic rings. The fourth-order valence-corrected chi connectivity index (χ4v) is 2.24. The first-order valence-corrected chi connectivity index (χ1v) is 6.51. The Balaban J connectivity index is 2.09. The number of nitro benzene ring substituents is 1. The Bertz CT molecular complexity index is 768. The van der Waals surface area contributed by atoms with E-state index in [1.54, 1.807) is 18.3 Å². The molecule has 4 heteroatoms. The summed E-state index contributed by atoms with van der Waals surface area (Å²) in [6.07, 6.45) is 1.75. The van der Waals surface area contributed by atoms with Crippen molar-refractivity contribution in [3.05, 3.63) is 83.0 Å². The van der Waals surface area contributed by atoms with E-state index in [1.165, 1.54) is 12.1 Å². The van der Waals surface area contributed by atoms with Crippen LogP contribution in [-0.4, -0.2) is 9.91 Å². The number of non-ortho nitro benzene ring substituents is 1. The molecule has 0 aliphatic heterocycles. The summed E-state index contributed by atoms with van der Waals surface area (Å²) in [5.74, 6) is 0. The molecule has 0 spiro atoms. The first kappa shape index (κ1) is 13.0. The minimum atomic E-state index is -0.394. The maximum absolute atomic E-state index is 10.7. The molecule has 3 rings (SSSR count). The van der Waals surface area contributed by atoms with Crippen LogP contribution in [0.5, 0.6) is 0 Å². The zero-order valence-electron chi connectivity index (χ0n) is 11.1. The summed E-state index contributed by atoms with van der Waals surface area (Å²) in [7, 11) is 0. The van der Waals surface area contributed by atoms with Crippen LogP contribution in [0.1, 0.15) is 0 Å². The van der Waals surface area contributed by atoms with Crippen molar-refractivity contribution in [3.63, 3.8) is 0 Å². The normalized spacial score (nSPS) is 10.3. The molecule has 1 heterocycles. The average molecular weight is 276 g/mol. The van der Waals surface area contributed by atoms with Gasteiger partial charge in [-0.15, -0.1) is 0 Å². The van der Waals surface area contributed by atoms with E-state index in [0.717, 1.165) is 22.4 Å². The molecule has 0 N–H and O–H groups in total. The van der Waals surface area contributed by atoms with Crippen LogP contribution in [-0.2, 0) is 0 Å². The Morgan fingerprint density at radius 3 is 2.10 bits per heavy atom. The molecule has 102 valence electrons. The highest BCUT2D eigenvalue weighted by atomic mass is 16.6. The van der Waals surface area contributed by atoms with Crippen LogP contribution in [0.2, 0.25) is 0 Å². The predicted octanol–water partition coefficient (Wildman–Crippen LogP) is 4.32. The molecule has 0 radical (unpaired) electrons. The molecule has 0 atom stereocenters. The third kappa shape index (κ3) is 2.65. The lowest BCUT2D eigenvalue weighted by Crippen LogP contribution is -1.89. The average Bonchev–Trinajstić information content (AvgIpc) is 2.56. The van der Waals surface area contributed by atoms with Gasteiger partial charge >= 0.3 is 0 Å². The van der Waals surface area contributed by atoms with Crippen molar-refractivity contribution in [2.45, 2.75) is 0 Å². The predicted molar refractivity (Wildman–Crippen MR) is 81.8 cm³/mol. The highest BCUT2D eigenvalue weighted by Gasteiger charge is 2.09. The van der Waals surface area contributed by atoms with Gasteiger partial charge in [0.05, 0.1) is 10.6 Å². The molecule has 1 aromatic heterocycles. The summed E-state index contributed by atoms with van der Waals surface area (Å²) in [4.78, 5) is 14.7. The van der Waals surface area contributed by atoms with Crippen molar-refractivity contribution < 1.29 is 4.92 Å². The number of pyridine rings is 1. The highest BCUT2D eigenvalue weighted by molar-refractivity contribution is 5.82. The molecule has 0 bridgehead atoms. The standard InChI is InChI=1S/C17H12N2O2/c20-19(21)14-10-8-13(9-11-14)15-5-1-2-6-16(15)17-7-3-4-12-18-17/h1-12H. The molecule has 21 heavy (non-hydrogen) atoms. The van der Waals surface area contributed by atoms with Crippen LogP contribution >= 0.6 is 0 Å². The molecule has 2 aromatic carbocycles. The maximum Gasteiger partial charge on any atom is 0.269 e. The summed E-state index contributed by atoms with van der Waals surface area (Å²) in [5, 5.41) is 10.7. The van der Waals surface area contributed by atoms with Gasteiger partial charge in [-0.3, -0.25) is 15.1 Å². The van der Waals surface area contributed by atoms with Crippen molar-refractivity contribution in [1.29, 1.82) is 0 Å². The number of aromatic nitrogens is 1. The Hall–Kier alpha value is -3.01. The lowest BCUT2D eigenvalue weighted by atomic mass is 9.97. The molecule has 0 aliphatic carbocycles. The van der Waals surface area contributed by atoms with Gasteiger partial charge in [0.2, 0.25) is 0 Å². The van der Waals surface area contributed by atoms with Gasteiger partial charge in [0.1, 0.15) is 0 Å². The first-order chi connectivity index (χ1) is 10.3. The number of hydrogen-bond donors (Lipinski definition) is 0. The molecule has 0 aliphatic rings. The van der Waals surface area contributed by atoms with Crippen LogP contribution in [0.15, 0.2) is 72.9 Å². The Morgan fingerprint density at radius 1 is 0.810 bits per heavy atom. The molecule has 4 nitrogen and oxygen atoms in total. The fraction of sp³-hybridized carbons (Fsp3) is 0. The summed E-state index contributed by atoms with van der Waals surface area (Å²) >= 11 is 0. The number of nitrogens with zero attached hydrogens (tertiary/aromatic N) is 2. The van der Waals surface area contributed by atoms with Crippen LogP contribution in [0.25, 0.3) is 22.4 Å². The van der Waals surface area contributed by atoms with Gasteiger partial charge in [0, 0.05) is 23.9 Å². The minimum absolute atomic E-state index is 0.0917. The number of hydrogen-bond acceptors (Lipinski definition) is 3. The zero-order valence-corrected chi connectivity index (χ0v) is 11.1. The number of rotatable bonds is 3. The monoisotopic (exact) mass is 276 g/mol. The topological polar surface area (TPSA) is 56.0 Å².